The van der Waals surface area contributed by atoms with Crippen LogP contribution in [0.25, 0.3) is 0 Å². The maximum Gasteiger partial charge on any atom is 0.236 e. The van der Waals surface area contributed by atoms with Gasteiger partial charge in [0.15, 0.2) is 0 Å². The maximum absolute atomic E-state index is 11.4. The van der Waals surface area contributed by atoms with Crippen molar-refractivity contribution < 1.29 is 4.79 Å². The van der Waals surface area contributed by atoms with Crippen LogP contribution in [0.15, 0.2) is 0 Å². The number of carbonyl (C=O) groups excluding carboxylic acids is 1. The standard InChI is InChI=1S/C10H20N2OS/c1-4-11-10(13)8(3)12-9-5-7(2)14-6-9/h7-9,12H,4-6H2,1-3H3,(H,11,13). The monoisotopic (exact) mass is 216 g/mol. The molecule has 1 aliphatic heterocycles. The molecule has 4 heteroatoms. The number of hydrogen-bond acceptors (Lipinski definition) is 3. The molecule has 1 aliphatic rings. The highest BCUT2D eigenvalue weighted by atomic mass is 32.2. The van der Waals surface area contributed by atoms with E-state index < -0.39 is 0 Å². The van der Waals surface area contributed by atoms with Gasteiger partial charge >= 0.3 is 0 Å². The molecule has 0 aliphatic carbocycles. The van der Waals surface area contributed by atoms with Crippen molar-refractivity contribution in [2.24, 2.45) is 0 Å². The molecule has 0 aromatic heterocycles. The van der Waals surface area contributed by atoms with Gasteiger partial charge in [0.25, 0.3) is 0 Å². The molecule has 1 rings (SSSR count). The molecule has 1 saturated heterocycles. The molecule has 0 spiro atoms. The van der Waals surface area contributed by atoms with E-state index in [1.807, 2.05) is 25.6 Å². The Morgan fingerprint density at radius 1 is 1.64 bits per heavy atom. The highest BCUT2D eigenvalue weighted by molar-refractivity contribution is 8.00. The first-order chi connectivity index (χ1) is 6.63. The summed E-state index contributed by atoms with van der Waals surface area (Å²) in [6.45, 7) is 6.82. The van der Waals surface area contributed by atoms with Crippen molar-refractivity contribution in [1.29, 1.82) is 0 Å². The smallest absolute Gasteiger partial charge is 0.236 e. The van der Waals surface area contributed by atoms with Crippen LogP contribution in [-0.4, -0.2) is 35.5 Å². The Morgan fingerprint density at radius 3 is 2.86 bits per heavy atom. The van der Waals surface area contributed by atoms with Crippen molar-refractivity contribution in [3.8, 4) is 0 Å². The fraction of sp³-hybridized carbons (Fsp3) is 0.900. The number of nitrogens with one attached hydrogen (secondary N) is 2. The number of thioether (sulfide) groups is 1. The van der Waals surface area contributed by atoms with E-state index in [1.165, 1.54) is 6.42 Å². The van der Waals surface area contributed by atoms with E-state index in [0.29, 0.717) is 12.6 Å². The Morgan fingerprint density at radius 2 is 2.36 bits per heavy atom. The zero-order chi connectivity index (χ0) is 10.6. The average molecular weight is 216 g/mol. The van der Waals surface area contributed by atoms with Crippen molar-refractivity contribution in [3.05, 3.63) is 0 Å². The summed E-state index contributed by atoms with van der Waals surface area (Å²) in [5.41, 5.74) is 0. The van der Waals surface area contributed by atoms with Gasteiger partial charge in [0.2, 0.25) is 5.91 Å². The molecule has 1 fully saturated rings. The Bertz CT molecular complexity index is 199. The zero-order valence-electron chi connectivity index (χ0n) is 9.17. The fourth-order valence-electron chi connectivity index (χ4n) is 1.69. The fourth-order valence-corrected chi connectivity index (χ4v) is 2.85. The van der Waals surface area contributed by atoms with Gasteiger partial charge < -0.3 is 10.6 Å². The highest BCUT2D eigenvalue weighted by Gasteiger charge is 2.24. The third-order valence-corrected chi connectivity index (χ3v) is 3.78. The molecule has 3 atom stereocenters. The summed E-state index contributed by atoms with van der Waals surface area (Å²) in [6.07, 6.45) is 1.18. The van der Waals surface area contributed by atoms with Gasteiger partial charge in [-0.05, 0) is 20.3 Å². The van der Waals surface area contributed by atoms with E-state index >= 15 is 0 Å². The Hall–Kier alpha value is -0.220. The molecule has 1 heterocycles. The average Bonchev–Trinajstić information content (AvgIpc) is 2.51. The van der Waals surface area contributed by atoms with Gasteiger partial charge in [-0.2, -0.15) is 11.8 Å². The van der Waals surface area contributed by atoms with E-state index in [4.69, 9.17) is 0 Å². The SMILES string of the molecule is CCNC(=O)C(C)NC1CSC(C)C1. The van der Waals surface area contributed by atoms with Crippen LogP contribution in [0.4, 0.5) is 0 Å². The van der Waals surface area contributed by atoms with Gasteiger partial charge in [-0.15, -0.1) is 0 Å². The molecule has 3 unspecified atom stereocenters. The minimum Gasteiger partial charge on any atom is -0.355 e. The van der Waals surface area contributed by atoms with Crippen molar-refractivity contribution in [2.75, 3.05) is 12.3 Å². The molecular weight excluding hydrogens is 196 g/mol. The first kappa shape index (κ1) is 11.9. The van der Waals surface area contributed by atoms with E-state index in [1.54, 1.807) is 0 Å². The number of hydrogen-bond donors (Lipinski definition) is 2. The first-order valence-electron chi connectivity index (χ1n) is 5.28. The van der Waals surface area contributed by atoms with E-state index in [0.717, 1.165) is 11.0 Å². The normalized spacial score (nSPS) is 28.8. The van der Waals surface area contributed by atoms with Crippen LogP contribution in [0.3, 0.4) is 0 Å². The summed E-state index contributed by atoms with van der Waals surface area (Å²) in [6, 6.07) is 0.443. The van der Waals surface area contributed by atoms with E-state index in [-0.39, 0.29) is 11.9 Å². The topological polar surface area (TPSA) is 41.1 Å². The van der Waals surface area contributed by atoms with Crippen LogP contribution in [-0.2, 0) is 4.79 Å². The quantitative estimate of drug-likeness (QED) is 0.736. The molecule has 0 aromatic carbocycles. The van der Waals surface area contributed by atoms with E-state index in [9.17, 15) is 4.79 Å². The second-order valence-electron chi connectivity index (χ2n) is 3.86. The second-order valence-corrected chi connectivity index (χ2v) is 5.33. The number of rotatable bonds is 4. The van der Waals surface area contributed by atoms with Gasteiger partial charge in [-0.25, -0.2) is 0 Å². The van der Waals surface area contributed by atoms with Gasteiger partial charge in [0, 0.05) is 23.6 Å². The third-order valence-electron chi connectivity index (χ3n) is 2.43. The lowest BCUT2D eigenvalue weighted by Gasteiger charge is -2.17. The molecule has 2 N–H and O–H groups in total. The minimum atomic E-state index is -0.0640. The summed E-state index contributed by atoms with van der Waals surface area (Å²) in [5.74, 6) is 1.24. The van der Waals surface area contributed by atoms with E-state index in [2.05, 4.69) is 17.6 Å². The number of likely N-dealkylation sites (N-methyl/N-ethyl adjacent to an activating group) is 1. The van der Waals surface area contributed by atoms with Crippen LogP contribution in [0, 0.1) is 0 Å². The van der Waals surface area contributed by atoms with Gasteiger partial charge in [-0.3, -0.25) is 4.79 Å². The summed E-state index contributed by atoms with van der Waals surface area (Å²) in [4.78, 5) is 11.4. The molecule has 3 nitrogen and oxygen atoms in total. The summed E-state index contributed by atoms with van der Waals surface area (Å²) in [5, 5.41) is 6.91. The summed E-state index contributed by atoms with van der Waals surface area (Å²) < 4.78 is 0. The van der Waals surface area contributed by atoms with Gasteiger partial charge in [-0.1, -0.05) is 6.92 Å². The lowest BCUT2D eigenvalue weighted by atomic mass is 10.1. The van der Waals surface area contributed by atoms with Crippen LogP contribution < -0.4 is 10.6 Å². The Labute approximate surface area is 90.4 Å². The molecular formula is C10H20N2OS. The summed E-state index contributed by atoms with van der Waals surface area (Å²) >= 11 is 1.98. The van der Waals surface area contributed by atoms with Crippen molar-refractivity contribution in [2.45, 2.75) is 44.5 Å². The van der Waals surface area contributed by atoms with Crippen molar-refractivity contribution in [1.82, 2.24) is 10.6 Å². The molecule has 1 amide bonds. The van der Waals surface area contributed by atoms with Crippen molar-refractivity contribution >= 4 is 17.7 Å². The minimum absolute atomic E-state index is 0.0640. The van der Waals surface area contributed by atoms with Crippen LogP contribution in [0.2, 0.25) is 0 Å². The lowest BCUT2D eigenvalue weighted by molar-refractivity contribution is -0.122. The first-order valence-corrected chi connectivity index (χ1v) is 6.33. The molecule has 0 radical (unpaired) electrons. The summed E-state index contributed by atoms with van der Waals surface area (Å²) in [7, 11) is 0. The maximum atomic E-state index is 11.4. The largest absolute Gasteiger partial charge is 0.355 e. The third kappa shape index (κ3) is 3.50. The van der Waals surface area contributed by atoms with Crippen LogP contribution in [0.5, 0.6) is 0 Å². The highest BCUT2D eigenvalue weighted by Crippen LogP contribution is 2.26. The lowest BCUT2D eigenvalue weighted by Crippen LogP contribution is -2.46. The van der Waals surface area contributed by atoms with Crippen LogP contribution >= 0.6 is 11.8 Å². The predicted octanol–water partition coefficient (Wildman–Crippen LogP) is 0.995. The Balaban J connectivity index is 2.26. The number of carbonyl (C=O) groups is 1. The molecule has 14 heavy (non-hydrogen) atoms. The molecule has 0 aromatic rings. The molecule has 82 valence electrons. The van der Waals surface area contributed by atoms with Gasteiger partial charge in [0.1, 0.15) is 0 Å². The van der Waals surface area contributed by atoms with Gasteiger partial charge in [0.05, 0.1) is 6.04 Å². The molecule has 0 saturated carbocycles. The second kappa shape index (κ2) is 5.61. The van der Waals surface area contributed by atoms with Crippen molar-refractivity contribution in [3.63, 3.8) is 0 Å². The van der Waals surface area contributed by atoms with Crippen LogP contribution in [0.1, 0.15) is 27.2 Å². The predicted molar refractivity (Wildman–Crippen MR) is 61.6 cm³/mol. The number of amides is 1. The molecule has 0 bridgehead atoms. The zero-order valence-corrected chi connectivity index (χ0v) is 9.99. The Kier molecular flexibility index (Phi) is 4.75.